The number of benzene rings is 1. The topological polar surface area (TPSA) is 73.6 Å². The van der Waals surface area contributed by atoms with Crippen LogP contribution in [0.1, 0.15) is 16.8 Å². The van der Waals surface area contributed by atoms with Gasteiger partial charge < -0.3 is 20.5 Å². The molecule has 0 bridgehead atoms. The zero-order valence-electron chi connectivity index (χ0n) is 9.90. The highest BCUT2D eigenvalue weighted by atomic mass is 16.5. The van der Waals surface area contributed by atoms with Crippen LogP contribution in [0, 0.1) is 0 Å². The minimum Gasteiger partial charge on any atom is -0.497 e. The lowest BCUT2D eigenvalue weighted by Crippen LogP contribution is -2.29. The van der Waals surface area contributed by atoms with Crippen molar-refractivity contribution >= 4 is 5.91 Å². The van der Waals surface area contributed by atoms with E-state index in [1.54, 1.807) is 32.4 Å². The summed E-state index contributed by atoms with van der Waals surface area (Å²) in [6.45, 7) is 0. The van der Waals surface area contributed by atoms with Crippen LogP contribution in [0.15, 0.2) is 18.2 Å². The second-order valence-electron chi connectivity index (χ2n) is 4.08. The monoisotopic (exact) mass is 236 g/mol. The lowest BCUT2D eigenvalue weighted by atomic mass is 10.2. The van der Waals surface area contributed by atoms with E-state index >= 15 is 0 Å². The Morgan fingerprint density at radius 2 is 1.82 bits per heavy atom. The van der Waals surface area contributed by atoms with E-state index in [2.05, 4.69) is 5.32 Å². The van der Waals surface area contributed by atoms with E-state index in [0.717, 1.165) is 6.42 Å². The van der Waals surface area contributed by atoms with Gasteiger partial charge in [0.25, 0.3) is 5.91 Å². The fraction of sp³-hybridized carbons (Fsp3) is 0.417. The summed E-state index contributed by atoms with van der Waals surface area (Å²) >= 11 is 0. The largest absolute Gasteiger partial charge is 0.497 e. The van der Waals surface area contributed by atoms with E-state index < -0.39 is 0 Å². The first kappa shape index (κ1) is 11.7. The number of ether oxygens (including phenoxy) is 2. The predicted octanol–water partition coefficient (Wildman–Crippen LogP) is 0.533. The van der Waals surface area contributed by atoms with Crippen molar-refractivity contribution in [3.8, 4) is 11.5 Å². The number of hydrogen-bond acceptors (Lipinski definition) is 4. The second-order valence-corrected chi connectivity index (χ2v) is 4.08. The third-order valence-electron chi connectivity index (χ3n) is 2.77. The van der Waals surface area contributed by atoms with E-state index in [0.29, 0.717) is 17.1 Å². The maximum absolute atomic E-state index is 11.9. The van der Waals surface area contributed by atoms with Crippen molar-refractivity contribution in [3.63, 3.8) is 0 Å². The van der Waals surface area contributed by atoms with Gasteiger partial charge in [0, 0.05) is 23.7 Å². The molecule has 0 heterocycles. The molecule has 1 aliphatic rings. The van der Waals surface area contributed by atoms with Crippen molar-refractivity contribution in [2.24, 2.45) is 5.73 Å². The molecule has 3 N–H and O–H groups in total. The van der Waals surface area contributed by atoms with Gasteiger partial charge in [-0.3, -0.25) is 4.79 Å². The number of hydrogen-bond donors (Lipinski definition) is 2. The van der Waals surface area contributed by atoms with Crippen LogP contribution < -0.4 is 20.5 Å². The molecular formula is C12H16N2O3. The molecule has 92 valence electrons. The predicted molar refractivity (Wildman–Crippen MR) is 63.4 cm³/mol. The minimum atomic E-state index is -0.153. The Hall–Kier alpha value is -1.75. The minimum absolute atomic E-state index is 0.0893. The van der Waals surface area contributed by atoms with Gasteiger partial charge in [0.15, 0.2) is 0 Å². The van der Waals surface area contributed by atoms with Gasteiger partial charge in [-0.15, -0.1) is 0 Å². The first-order valence-electron chi connectivity index (χ1n) is 5.43. The lowest BCUT2D eigenvalue weighted by Gasteiger charge is -2.08. The lowest BCUT2D eigenvalue weighted by molar-refractivity contribution is 0.0949. The smallest absolute Gasteiger partial charge is 0.251 e. The fourth-order valence-corrected chi connectivity index (χ4v) is 1.57. The molecule has 5 heteroatoms. The molecule has 1 aromatic rings. The number of rotatable bonds is 4. The normalized spacial score (nSPS) is 21.8. The summed E-state index contributed by atoms with van der Waals surface area (Å²) < 4.78 is 10.2. The molecule has 2 unspecified atom stereocenters. The van der Waals surface area contributed by atoms with Crippen LogP contribution in [0.25, 0.3) is 0 Å². The summed E-state index contributed by atoms with van der Waals surface area (Å²) in [7, 11) is 3.10. The average Bonchev–Trinajstić information content (AvgIpc) is 3.04. The van der Waals surface area contributed by atoms with Gasteiger partial charge in [0.1, 0.15) is 11.5 Å². The zero-order chi connectivity index (χ0) is 12.4. The van der Waals surface area contributed by atoms with Crippen LogP contribution >= 0.6 is 0 Å². The molecule has 5 nitrogen and oxygen atoms in total. The van der Waals surface area contributed by atoms with Crippen molar-refractivity contribution in [1.82, 2.24) is 5.32 Å². The first-order chi connectivity index (χ1) is 8.13. The Bertz CT molecular complexity index is 412. The van der Waals surface area contributed by atoms with Gasteiger partial charge in [-0.2, -0.15) is 0 Å². The molecule has 0 saturated heterocycles. The van der Waals surface area contributed by atoms with E-state index in [1.165, 1.54) is 0 Å². The van der Waals surface area contributed by atoms with E-state index in [1.807, 2.05) is 0 Å². The molecule has 0 aromatic heterocycles. The van der Waals surface area contributed by atoms with Gasteiger partial charge >= 0.3 is 0 Å². The highest BCUT2D eigenvalue weighted by Crippen LogP contribution is 2.24. The number of nitrogens with one attached hydrogen (secondary N) is 1. The van der Waals surface area contributed by atoms with Gasteiger partial charge in [-0.25, -0.2) is 0 Å². The molecule has 0 aliphatic heterocycles. The summed E-state index contributed by atoms with van der Waals surface area (Å²) in [6.07, 6.45) is 0.840. The van der Waals surface area contributed by atoms with Crippen LogP contribution in [0.4, 0.5) is 0 Å². The molecule has 17 heavy (non-hydrogen) atoms. The standard InChI is InChI=1S/C12H16N2O3/c1-16-8-3-7(4-9(5-8)17-2)12(15)14-11-6-10(11)13/h3-5,10-11H,6,13H2,1-2H3,(H,14,15). The van der Waals surface area contributed by atoms with Gasteiger partial charge in [0.2, 0.25) is 0 Å². The highest BCUT2D eigenvalue weighted by Gasteiger charge is 2.34. The van der Waals surface area contributed by atoms with Crippen LogP contribution in [0.5, 0.6) is 11.5 Å². The van der Waals surface area contributed by atoms with Gasteiger partial charge in [-0.1, -0.05) is 0 Å². The van der Waals surface area contributed by atoms with Crippen molar-refractivity contribution in [2.75, 3.05) is 14.2 Å². The molecule has 0 radical (unpaired) electrons. The van der Waals surface area contributed by atoms with Gasteiger partial charge in [0.05, 0.1) is 14.2 Å². The molecule has 2 atom stereocenters. The summed E-state index contributed by atoms with van der Waals surface area (Å²) in [6, 6.07) is 5.25. The third-order valence-corrected chi connectivity index (χ3v) is 2.77. The van der Waals surface area contributed by atoms with E-state index in [9.17, 15) is 4.79 Å². The van der Waals surface area contributed by atoms with Crippen LogP contribution in [-0.4, -0.2) is 32.2 Å². The summed E-state index contributed by atoms with van der Waals surface area (Å²) in [4.78, 5) is 11.9. The zero-order valence-corrected chi connectivity index (χ0v) is 9.90. The first-order valence-corrected chi connectivity index (χ1v) is 5.43. The van der Waals surface area contributed by atoms with Gasteiger partial charge in [-0.05, 0) is 18.6 Å². The number of carbonyl (C=O) groups is 1. The van der Waals surface area contributed by atoms with Crippen molar-refractivity contribution in [1.29, 1.82) is 0 Å². The maximum atomic E-state index is 11.9. The number of methoxy groups -OCH3 is 2. The van der Waals surface area contributed by atoms with Crippen LogP contribution in [-0.2, 0) is 0 Å². The number of carbonyl (C=O) groups excluding carboxylic acids is 1. The highest BCUT2D eigenvalue weighted by molar-refractivity contribution is 5.95. The summed E-state index contributed by atoms with van der Waals surface area (Å²) in [5.41, 5.74) is 6.16. The number of nitrogens with two attached hydrogens (primary N) is 1. The van der Waals surface area contributed by atoms with E-state index in [4.69, 9.17) is 15.2 Å². The summed E-state index contributed by atoms with van der Waals surface area (Å²) in [5.74, 6) is 1.03. The molecule has 1 aromatic carbocycles. The maximum Gasteiger partial charge on any atom is 0.251 e. The molecule has 0 spiro atoms. The Morgan fingerprint density at radius 3 is 2.24 bits per heavy atom. The van der Waals surface area contributed by atoms with Crippen molar-refractivity contribution in [3.05, 3.63) is 23.8 Å². The SMILES string of the molecule is COc1cc(OC)cc(C(=O)NC2CC2N)c1. The van der Waals surface area contributed by atoms with E-state index in [-0.39, 0.29) is 18.0 Å². The fourth-order valence-electron chi connectivity index (χ4n) is 1.57. The number of amides is 1. The summed E-state index contributed by atoms with van der Waals surface area (Å²) in [5, 5.41) is 2.85. The molecular weight excluding hydrogens is 220 g/mol. The third kappa shape index (κ3) is 2.68. The Balaban J connectivity index is 2.15. The Labute approximate surface area is 99.9 Å². The second kappa shape index (κ2) is 4.63. The molecule has 1 fully saturated rings. The Kier molecular flexibility index (Phi) is 3.19. The molecule has 1 saturated carbocycles. The van der Waals surface area contributed by atoms with Crippen LogP contribution in [0.2, 0.25) is 0 Å². The van der Waals surface area contributed by atoms with Crippen molar-refractivity contribution < 1.29 is 14.3 Å². The van der Waals surface area contributed by atoms with Crippen molar-refractivity contribution in [2.45, 2.75) is 18.5 Å². The van der Waals surface area contributed by atoms with Crippen LogP contribution in [0.3, 0.4) is 0 Å². The Morgan fingerprint density at radius 1 is 1.29 bits per heavy atom. The molecule has 1 aliphatic carbocycles. The average molecular weight is 236 g/mol. The quantitative estimate of drug-likeness (QED) is 0.800. The molecule has 2 rings (SSSR count). The molecule has 1 amide bonds.